The number of nitrogens with two attached hydrogens (primary N) is 1. The molecule has 2 rings (SSSR count). The van der Waals surface area contributed by atoms with Gasteiger partial charge in [0.1, 0.15) is 11.6 Å². The van der Waals surface area contributed by atoms with E-state index in [0.717, 1.165) is 5.56 Å². The Balaban J connectivity index is 2.01. The summed E-state index contributed by atoms with van der Waals surface area (Å²) in [5.74, 6) is -0.501. The van der Waals surface area contributed by atoms with Gasteiger partial charge in [-0.05, 0) is 42.3 Å². The van der Waals surface area contributed by atoms with Crippen LogP contribution in [0, 0.1) is 5.82 Å². The number of anilines is 1. The molecule has 0 fully saturated rings. The van der Waals surface area contributed by atoms with Crippen molar-refractivity contribution in [3.05, 3.63) is 53.8 Å². The summed E-state index contributed by atoms with van der Waals surface area (Å²) in [4.78, 5) is -0.0168. The fraction of sp³-hybridized carbons (Fsp3) is 0.143. The van der Waals surface area contributed by atoms with Gasteiger partial charge in [0.05, 0.1) is 10.6 Å². The van der Waals surface area contributed by atoms with Gasteiger partial charge in [0.25, 0.3) is 0 Å². The molecule has 2 aromatic carbocycles. The second-order valence-electron chi connectivity index (χ2n) is 4.49. The van der Waals surface area contributed by atoms with Gasteiger partial charge in [-0.2, -0.15) is 0 Å². The van der Waals surface area contributed by atoms with Crippen LogP contribution in [0.3, 0.4) is 0 Å². The standard InChI is InChI=1S/C14H15FN2O3S/c15-11-3-1-10(2-4-11)7-8-17-21(19,20)12-5-6-14(18)13(16)9-12/h1-6,9,17-18H,7-8,16H2. The summed E-state index contributed by atoms with van der Waals surface area (Å²) in [6.45, 7) is 0.175. The number of hydrogen-bond donors (Lipinski definition) is 3. The molecule has 7 heteroatoms. The van der Waals surface area contributed by atoms with Gasteiger partial charge in [-0.3, -0.25) is 0 Å². The van der Waals surface area contributed by atoms with Gasteiger partial charge in [0.15, 0.2) is 0 Å². The molecular weight excluding hydrogens is 295 g/mol. The molecule has 0 aliphatic carbocycles. The lowest BCUT2D eigenvalue weighted by molar-refractivity contribution is 0.477. The minimum Gasteiger partial charge on any atom is -0.506 e. The Morgan fingerprint density at radius 2 is 1.81 bits per heavy atom. The molecular formula is C14H15FN2O3S. The van der Waals surface area contributed by atoms with Gasteiger partial charge >= 0.3 is 0 Å². The zero-order chi connectivity index (χ0) is 15.5. The van der Waals surface area contributed by atoms with Crippen LogP contribution in [0.15, 0.2) is 47.4 Å². The third-order valence-corrected chi connectivity index (χ3v) is 4.39. The van der Waals surface area contributed by atoms with Crippen molar-refractivity contribution in [1.29, 1.82) is 0 Å². The topological polar surface area (TPSA) is 92.4 Å². The maximum atomic E-state index is 12.7. The average molecular weight is 310 g/mol. The molecule has 0 atom stereocenters. The Morgan fingerprint density at radius 3 is 2.43 bits per heavy atom. The van der Waals surface area contributed by atoms with Crippen LogP contribution in [0.4, 0.5) is 10.1 Å². The van der Waals surface area contributed by atoms with Crippen LogP contribution >= 0.6 is 0 Å². The Hall–Kier alpha value is -2.12. The van der Waals surface area contributed by atoms with Crippen LogP contribution in [-0.4, -0.2) is 20.1 Å². The number of halogens is 1. The Bertz CT molecular complexity index is 730. The Labute approximate surface area is 122 Å². The Morgan fingerprint density at radius 1 is 1.14 bits per heavy atom. The van der Waals surface area contributed by atoms with Crippen LogP contribution in [0.2, 0.25) is 0 Å². The maximum Gasteiger partial charge on any atom is 0.240 e. The second kappa shape index (κ2) is 6.11. The summed E-state index contributed by atoms with van der Waals surface area (Å²) < 4.78 is 39.2. The van der Waals surface area contributed by atoms with E-state index in [4.69, 9.17) is 5.73 Å². The number of nitrogens with one attached hydrogen (secondary N) is 1. The van der Waals surface area contributed by atoms with Crippen molar-refractivity contribution >= 4 is 15.7 Å². The first-order valence-corrected chi connectivity index (χ1v) is 7.69. The molecule has 112 valence electrons. The van der Waals surface area contributed by atoms with Gasteiger partial charge in [0, 0.05) is 6.54 Å². The molecule has 0 radical (unpaired) electrons. The van der Waals surface area contributed by atoms with E-state index in [1.54, 1.807) is 12.1 Å². The average Bonchev–Trinajstić information content (AvgIpc) is 2.44. The first kappa shape index (κ1) is 15.3. The lowest BCUT2D eigenvalue weighted by atomic mass is 10.1. The highest BCUT2D eigenvalue weighted by molar-refractivity contribution is 7.89. The highest BCUT2D eigenvalue weighted by Crippen LogP contribution is 2.22. The summed E-state index contributed by atoms with van der Waals surface area (Å²) in [6, 6.07) is 9.53. The number of phenols is 1. The predicted octanol–water partition coefficient (Wildman–Crippen LogP) is 1.63. The van der Waals surface area contributed by atoms with Crippen molar-refractivity contribution in [1.82, 2.24) is 4.72 Å². The van der Waals surface area contributed by atoms with Gasteiger partial charge in [-0.1, -0.05) is 12.1 Å². The first-order valence-electron chi connectivity index (χ1n) is 6.21. The van der Waals surface area contributed by atoms with Crippen molar-refractivity contribution in [2.75, 3.05) is 12.3 Å². The van der Waals surface area contributed by atoms with Crippen molar-refractivity contribution in [3.63, 3.8) is 0 Å². The zero-order valence-electron chi connectivity index (χ0n) is 11.1. The third kappa shape index (κ3) is 3.93. The zero-order valence-corrected chi connectivity index (χ0v) is 11.9. The van der Waals surface area contributed by atoms with E-state index in [-0.39, 0.29) is 28.7 Å². The number of rotatable bonds is 5. The quantitative estimate of drug-likeness (QED) is 0.578. The second-order valence-corrected chi connectivity index (χ2v) is 6.26. The van der Waals surface area contributed by atoms with E-state index < -0.39 is 10.0 Å². The monoisotopic (exact) mass is 310 g/mol. The molecule has 0 saturated heterocycles. The van der Waals surface area contributed by atoms with Gasteiger partial charge < -0.3 is 10.8 Å². The van der Waals surface area contributed by atoms with E-state index in [2.05, 4.69) is 4.72 Å². The Kier molecular flexibility index (Phi) is 4.44. The number of nitrogen functional groups attached to an aromatic ring is 1. The molecule has 0 spiro atoms. The van der Waals surface area contributed by atoms with Gasteiger partial charge in [-0.15, -0.1) is 0 Å². The molecule has 0 aliphatic heterocycles. The minimum absolute atomic E-state index is 0.00332. The molecule has 0 saturated carbocycles. The van der Waals surface area contributed by atoms with Crippen LogP contribution in [0.5, 0.6) is 5.75 Å². The molecule has 0 amide bonds. The molecule has 4 N–H and O–H groups in total. The maximum absolute atomic E-state index is 12.7. The molecule has 0 bridgehead atoms. The third-order valence-electron chi connectivity index (χ3n) is 2.93. The SMILES string of the molecule is Nc1cc(S(=O)(=O)NCCc2ccc(F)cc2)ccc1O. The lowest BCUT2D eigenvalue weighted by Gasteiger charge is -2.08. The van der Waals surface area contributed by atoms with E-state index in [1.165, 1.54) is 30.3 Å². The van der Waals surface area contributed by atoms with E-state index >= 15 is 0 Å². The largest absolute Gasteiger partial charge is 0.506 e. The molecule has 0 unspecified atom stereocenters. The van der Waals surface area contributed by atoms with Gasteiger partial charge in [-0.25, -0.2) is 17.5 Å². The smallest absolute Gasteiger partial charge is 0.240 e. The van der Waals surface area contributed by atoms with E-state index in [0.29, 0.717) is 6.42 Å². The van der Waals surface area contributed by atoms with Crippen LogP contribution in [-0.2, 0) is 16.4 Å². The first-order chi connectivity index (χ1) is 9.88. The van der Waals surface area contributed by atoms with Crippen LogP contribution < -0.4 is 10.5 Å². The number of hydrogen-bond acceptors (Lipinski definition) is 4. The molecule has 0 aliphatic rings. The number of aromatic hydroxyl groups is 1. The fourth-order valence-electron chi connectivity index (χ4n) is 1.76. The number of sulfonamides is 1. The van der Waals surface area contributed by atoms with Crippen molar-refractivity contribution in [2.24, 2.45) is 0 Å². The molecule has 5 nitrogen and oxygen atoms in total. The fourth-order valence-corrected chi connectivity index (χ4v) is 2.83. The lowest BCUT2D eigenvalue weighted by Crippen LogP contribution is -2.26. The van der Waals surface area contributed by atoms with Crippen LogP contribution in [0.25, 0.3) is 0 Å². The van der Waals surface area contributed by atoms with Gasteiger partial charge in [0.2, 0.25) is 10.0 Å². The van der Waals surface area contributed by atoms with Crippen molar-refractivity contribution in [3.8, 4) is 5.75 Å². The summed E-state index contributed by atoms with van der Waals surface area (Å²) in [5.41, 5.74) is 6.29. The molecule has 0 aromatic heterocycles. The molecule has 21 heavy (non-hydrogen) atoms. The summed E-state index contributed by atoms with van der Waals surface area (Å²) in [5, 5.41) is 9.29. The summed E-state index contributed by atoms with van der Waals surface area (Å²) >= 11 is 0. The van der Waals surface area contributed by atoms with E-state index in [1.807, 2.05) is 0 Å². The predicted molar refractivity (Wildman–Crippen MR) is 77.8 cm³/mol. The highest BCUT2D eigenvalue weighted by Gasteiger charge is 2.14. The highest BCUT2D eigenvalue weighted by atomic mass is 32.2. The minimum atomic E-state index is -3.69. The summed E-state index contributed by atoms with van der Waals surface area (Å²) in [6.07, 6.45) is 0.438. The molecule has 2 aromatic rings. The van der Waals surface area contributed by atoms with E-state index in [9.17, 15) is 17.9 Å². The van der Waals surface area contributed by atoms with Crippen molar-refractivity contribution < 1.29 is 17.9 Å². The summed E-state index contributed by atoms with van der Waals surface area (Å²) in [7, 11) is -3.69. The van der Waals surface area contributed by atoms with Crippen LogP contribution in [0.1, 0.15) is 5.56 Å². The number of phenolic OH excluding ortho intramolecular Hbond substituents is 1. The number of benzene rings is 2. The molecule has 0 heterocycles. The normalized spacial score (nSPS) is 11.5. The van der Waals surface area contributed by atoms with Crippen molar-refractivity contribution in [2.45, 2.75) is 11.3 Å².